The number of carbonyl (C=O) groups is 1. The molecule has 0 aromatic rings. The highest BCUT2D eigenvalue weighted by Crippen LogP contribution is 1.94. The Morgan fingerprint density at radius 1 is 1.33 bits per heavy atom. The molecule has 1 atom stereocenters. The van der Waals surface area contributed by atoms with E-state index in [2.05, 4.69) is 19.2 Å². The number of nitrogens with one attached hydrogen (secondary N) is 1. The smallest absolute Gasteiger partial charge is 0.305 e. The maximum atomic E-state index is 11.0. The summed E-state index contributed by atoms with van der Waals surface area (Å²) in [6.45, 7) is 8.56. The molecule has 0 bridgehead atoms. The van der Waals surface area contributed by atoms with Crippen LogP contribution < -0.4 is 5.32 Å². The predicted molar refractivity (Wildman–Crippen MR) is 70.4 cm³/mol. The summed E-state index contributed by atoms with van der Waals surface area (Å²) in [7, 11) is 0. The van der Waals surface area contributed by atoms with Gasteiger partial charge in [0.1, 0.15) is 0 Å². The molecular weight excluding hydrogens is 234 g/mol. The molecule has 2 N–H and O–H groups in total. The third kappa shape index (κ3) is 11.8. The van der Waals surface area contributed by atoms with Crippen LogP contribution in [0.25, 0.3) is 0 Å². The number of ether oxygens (including phenoxy) is 2. The van der Waals surface area contributed by atoms with E-state index < -0.39 is 6.10 Å². The molecule has 0 spiro atoms. The van der Waals surface area contributed by atoms with Gasteiger partial charge in [0, 0.05) is 19.6 Å². The van der Waals surface area contributed by atoms with Gasteiger partial charge in [-0.05, 0) is 25.8 Å². The zero-order valence-corrected chi connectivity index (χ0v) is 11.8. The largest absolute Gasteiger partial charge is 0.466 e. The number of hydrogen-bond acceptors (Lipinski definition) is 5. The lowest BCUT2D eigenvalue weighted by Crippen LogP contribution is -2.31. The van der Waals surface area contributed by atoms with Crippen molar-refractivity contribution < 1.29 is 19.4 Å². The summed E-state index contributed by atoms with van der Waals surface area (Å²) in [5.41, 5.74) is 0. The van der Waals surface area contributed by atoms with Crippen molar-refractivity contribution in [3.05, 3.63) is 0 Å². The summed E-state index contributed by atoms with van der Waals surface area (Å²) in [4.78, 5) is 11.0. The minimum Gasteiger partial charge on any atom is -0.466 e. The van der Waals surface area contributed by atoms with Gasteiger partial charge in [-0.2, -0.15) is 0 Å². The molecule has 0 aliphatic rings. The van der Waals surface area contributed by atoms with Gasteiger partial charge in [0.15, 0.2) is 0 Å². The highest BCUT2D eigenvalue weighted by Gasteiger charge is 2.05. The molecule has 0 aromatic carbocycles. The zero-order chi connectivity index (χ0) is 13.8. The maximum Gasteiger partial charge on any atom is 0.305 e. The number of rotatable bonds is 11. The van der Waals surface area contributed by atoms with E-state index in [1.54, 1.807) is 6.92 Å². The van der Waals surface area contributed by atoms with Crippen LogP contribution >= 0.6 is 0 Å². The Morgan fingerprint density at radius 2 is 2.06 bits per heavy atom. The van der Waals surface area contributed by atoms with Crippen molar-refractivity contribution in [3.63, 3.8) is 0 Å². The van der Waals surface area contributed by atoms with Crippen LogP contribution in [-0.4, -0.2) is 50.1 Å². The molecule has 108 valence electrons. The summed E-state index contributed by atoms with van der Waals surface area (Å²) in [6.07, 6.45) is 0.644. The highest BCUT2D eigenvalue weighted by atomic mass is 16.5. The number of aliphatic hydroxyl groups is 1. The van der Waals surface area contributed by atoms with E-state index >= 15 is 0 Å². The van der Waals surface area contributed by atoms with E-state index in [4.69, 9.17) is 9.47 Å². The molecule has 0 saturated heterocycles. The Hall–Kier alpha value is -0.650. The fourth-order valence-corrected chi connectivity index (χ4v) is 1.36. The van der Waals surface area contributed by atoms with Crippen molar-refractivity contribution in [2.75, 3.05) is 32.9 Å². The molecule has 0 fully saturated rings. The molecule has 5 heteroatoms. The van der Waals surface area contributed by atoms with Crippen molar-refractivity contribution in [2.45, 2.75) is 39.7 Å². The summed E-state index contributed by atoms with van der Waals surface area (Å²) < 4.78 is 10.1. The Bertz CT molecular complexity index is 209. The molecule has 18 heavy (non-hydrogen) atoms. The first-order valence-corrected chi connectivity index (χ1v) is 6.68. The van der Waals surface area contributed by atoms with Crippen molar-refractivity contribution in [3.8, 4) is 0 Å². The molecule has 0 rings (SSSR count). The second kappa shape index (κ2) is 11.4. The second-order valence-electron chi connectivity index (χ2n) is 4.70. The molecule has 0 amide bonds. The quantitative estimate of drug-likeness (QED) is 0.428. The lowest BCUT2D eigenvalue weighted by Gasteiger charge is -2.13. The van der Waals surface area contributed by atoms with Gasteiger partial charge >= 0.3 is 5.97 Å². The molecule has 0 aromatic heterocycles. The van der Waals surface area contributed by atoms with E-state index in [0.717, 1.165) is 6.42 Å². The topological polar surface area (TPSA) is 67.8 Å². The Kier molecular flexibility index (Phi) is 11.0. The summed E-state index contributed by atoms with van der Waals surface area (Å²) in [6, 6.07) is 0. The molecule has 0 radical (unpaired) electrons. The van der Waals surface area contributed by atoms with Gasteiger partial charge in [-0.15, -0.1) is 0 Å². The van der Waals surface area contributed by atoms with Crippen LogP contribution in [0.3, 0.4) is 0 Å². The molecule has 0 aliphatic carbocycles. The minimum absolute atomic E-state index is 0.167. The van der Waals surface area contributed by atoms with E-state index in [9.17, 15) is 9.90 Å². The highest BCUT2D eigenvalue weighted by molar-refractivity contribution is 5.69. The lowest BCUT2D eigenvalue weighted by atomic mass is 10.2. The Morgan fingerprint density at radius 3 is 2.67 bits per heavy atom. The van der Waals surface area contributed by atoms with Crippen LogP contribution in [0.15, 0.2) is 0 Å². The van der Waals surface area contributed by atoms with Crippen molar-refractivity contribution in [2.24, 2.45) is 5.92 Å². The van der Waals surface area contributed by atoms with Crippen LogP contribution in [0.4, 0.5) is 0 Å². The first-order chi connectivity index (χ1) is 8.56. The summed E-state index contributed by atoms with van der Waals surface area (Å²) in [5, 5.41) is 12.7. The standard InChI is InChI=1S/C13H27NO4/c1-4-18-13(16)6-5-7-14-8-12(15)10-17-9-11(2)3/h11-12,14-15H,4-10H2,1-3H3. The van der Waals surface area contributed by atoms with E-state index in [1.165, 1.54) is 0 Å². The monoisotopic (exact) mass is 261 g/mol. The predicted octanol–water partition coefficient (Wildman–Crippen LogP) is 0.953. The van der Waals surface area contributed by atoms with Gasteiger partial charge in [0.2, 0.25) is 0 Å². The fraction of sp³-hybridized carbons (Fsp3) is 0.923. The van der Waals surface area contributed by atoms with Crippen LogP contribution in [0, 0.1) is 5.92 Å². The van der Waals surface area contributed by atoms with Gasteiger partial charge in [-0.25, -0.2) is 0 Å². The number of hydrogen-bond donors (Lipinski definition) is 2. The van der Waals surface area contributed by atoms with E-state index in [0.29, 0.717) is 45.2 Å². The van der Waals surface area contributed by atoms with E-state index in [-0.39, 0.29) is 5.97 Å². The normalized spacial score (nSPS) is 12.7. The molecule has 5 nitrogen and oxygen atoms in total. The SMILES string of the molecule is CCOC(=O)CCCNCC(O)COCC(C)C. The minimum atomic E-state index is -0.494. The van der Waals surface area contributed by atoms with Crippen LogP contribution in [-0.2, 0) is 14.3 Å². The van der Waals surface area contributed by atoms with Gasteiger partial charge < -0.3 is 19.9 Å². The van der Waals surface area contributed by atoms with Crippen molar-refractivity contribution >= 4 is 5.97 Å². The van der Waals surface area contributed by atoms with Crippen LogP contribution in [0.5, 0.6) is 0 Å². The first-order valence-electron chi connectivity index (χ1n) is 6.68. The van der Waals surface area contributed by atoms with Gasteiger partial charge in [0.05, 0.1) is 19.3 Å². The Labute approximate surface area is 110 Å². The molecule has 0 aliphatic heterocycles. The fourth-order valence-electron chi connectivity index (χ4n) is 1.36. The molecule has 1 unspecified atom stereocenters. The van der Waals surface area contributed by atoms with Crippen molar-refractivity contribution in [1.82, 2.24) is 5.32 Å². The zero-order valence-electron chi connectivity index (χ0n) is 11.8. The van der Waals surface area contributed by atoms with E-state index in [1.807, 2.05) is 0 Å². The molecule has 0 heterocycles. The van der Waals surface area contributed by atoms with Gasteiger partial charge in [-0.3, -0.25) is 4.79 Å². The number of carbonyl (C=O) groups excluding carboxylic acids is 1. The van der Waals surface area contributed by atoms with Gasteiger partial charge in [0.25, 0.3) is 0 Å². The van der Waals surface area contributed by atoms with Gasteiger partial charge in [-0.1, -0.05) is 13.8 Å². The average molecular weight is 261 g/mol. The summed E-state index contributed by atoms with van der Waals surface area (Å²) >= 11 is 0. The third-order valence-electron chi connectivity index (χ3n) is 2.18. The van der Waals surface area contributed by atoms with Crippen LogP contribution in [0.2, 0.25) is 0 Å². The lowest BCUT2D eigenvalue weighted by molar-refractivity contribution is -0.143. The second-order valence-corrected chi connectivity index (χ2v) is 4.70. The first kappa shape index (κ1) is 17.4. The molecule has 0 saturated carbocycles. The third-order valence-corrected chi connectivity index (χ3v) is 2.18. The summed E-state index contributed by atoms with van der Waals surface area (Å²) in [5.74, 6) is 0.315. The van der Waals surface area contributed by atoms with Crippen molar-refractivity contribution in [1.29, 1.82) is 0 Å². The molecular formula is C13H27NO4. The average Bonchev–Trinajstić information content (AvgIpc) is 2.28. The Balaban J connectivity index is 3.29. The van der Waals surface area contributed by atoms with Crippen LogP contribution in [0.1, 0.15) is 33.6 Å². The maximum absolute atomic E-state index is 11.0. The number of aliphatic hydroxyl groups excluding tert-OH is 1. The number of esters is 1.